The summed E-state index contributed by atoms with van der Waals surface area (Å²) < 4.78 is 34.1. The summed E-state index contributed by atoms with van der Waals surface area (Å²) >= 11 is 1.27. The zero-order valence-electron chi connectivity index (χ0n) is 15.4. The number of thioether (sulfide) groups is 1. The van der Waals surface area contributed by atoms with Crippen molar-refractivity contribution in [3.8, 4) is 17.3 Å². The standard InChI is InChI=1S/C21H15F2N3O3S/c22-21(23)29-14-9-7-13(8-10-14)24-18(27)12-30-20-15-4-1-2-5-16(15)25-19(26-20)17-6-3-11-28-17/h1-11,21H,12H2,(H,24,27). The number of halogens is 2. The SMILES string of the molecule is O=C(CSc1nc(-c2ccco2)nc2ccccc12)Nc1ccc(OC(F)F)cc1. The third kappa shape index (κ3) is 4.74. The molecule has 1 N–H and O–H groups in total. The maximum atomic E-state index is 12.4. The Hall–Kier alpha value is -3.46. The van der Waals surface area contributed by atoms with Gasteiger partial charge < -0.3 is 14.5 Å². The first kappa shape index (κ1) is 19.8. The Morgan fingerprint density at radius 3 is 2.60 bits per heavy atom. The second kappa shape index (κ2) is 8.91. The number of anilines is 1. The smallest absolute Gasteiger partial charge is 0.387 e. The second-order valence-electron chi connectivity index (χ2n) is 6.09. The first-order valence-electron chi connectivity index (χ1n) is 8.87. The van der Waals surface area contributed by atoms with Crippen LogP contribution in [0.3, 0.4) is 0 Å². The van der Waals surface area contributed by atoms with E-state index in [0.717, 1.165) is 10.9 Å². The molecule has 2 aromatic carbocycles. The number of amides is 1. The third-order valence-corrected chi connectivity index (χ3v) is 5.00. The lowest BCUT2D eigenvalue weighted by molar-refractivity contribution is -0.113. The predicted octanol–water partition coefficient (Wildman–Crippen LogP) is 5.22. The number of rotatable bonds is 7. The van der Waals surface area contributed by atoms with Gasteiger partial charge in [0, 0.05) is 11.1 Å². The van der Waals surface area contributed by atoms with Crippen LogP contribution in [0.1, 0.15) is 0 Å². The molecule has 0 aliphatic rings. The van der Waals surface area contributed by atoms with Crippen molar-refractivity contribution < 1.29 is 22.7 Å². The van der Waals surface area contributed by atoms with Crippen molar-refractivity contribution >= 4 is 34.3 Å². The van der Waals surface area contributed by atoms with E-state index in [-0.39, 0.29) is 17.4 Å². The zero-order chi connectivity index (χ0) is 20.9. The molecule has 0 bridgehead atoms. The molecule has 30 heavy (non-hydrogen) atoms. The molecule has 0 spiro atoms. The fourth-order valence-electron chi connectivity index (χ4n) is 2.72. The van der Waals surface area contributed by atoms with Gasteiger partial charge in [0.15, 0.2) is 11.6 Å². The van der Waals surface area contributed by atoms with Gasteiger partial charge in [-0.3, -0.25) is 4.79 Å². The Balaban J connectivity index is 1.47. The summed E-state index contributed by atoms with van der Waals surface area (Å²) in [7, 11) is 0. The summed E-state index contributed by atoms with van der Waals surface area (Å²) in [5.41, 5.74) is 1.22. The van der Waals surface area contributed by atoms with Crippen LogP contribution in [0.2, 0.25) is 0 Å². The molecule has 0 saturated heterocycles. The van der Waals surface area contributed by atoms with Gasteiger partial charge in [-0.25, -0.2) is 9.97 Å². The van der Waals surface area contributed by atoms with Crippen LogP contribution < -0.4 is 10.1 Å². The Bertz CT molecular complexity index is 1150. The number of para-hydroxylation sites is 1. The number of nitrogens with one attached hydrogen (secondary N) is 1. The van der Waals surface area contributed by atoms with Crippen molar-refractivity contribution in [1.82, 2.24) is 9.97 Å². The fourth-order valence-corrected chi connectivity index (χ4v) is 3.54. The van der Waals surface area contributed by atoms with Crippen molar-refractivity contribution in [3.05, 3.63) is 66.9 Å². The van der Waals surface area contributed by atoms with Crippen LogP contribution in [0, 0.1) is 0 Å². The molecule has 6 nitrogen and oxygen atoms in total. The molecule has 4 aromatic rings. The average molecular weight is 427 g/mol. The topological polar surface area (TPSA) is 77.2 Å². The predicted molar refractivity (Wildman–Crippen MR) is 110 cm³/mol. The molecule has 1 amide bonds. The molecule has 4 rings (SSSR count). The van der Waals surface area contributed by atoms with Crippen LogP contribution in [0.15, 0.2) is 76.4 Å². The second-order valence-corrected chi connectivity index (χ2v) is 7.05. The normalized spacial score (nSPS) is 11.0. The molecule has 0 aliphatic carbocycles. The van der Waals surface area contributed by atoms with E-state index in [0.29, 0.717) is 22.3 Å². The minimum Gasteiger partial charge on any atom is -0.461 e. The number of benzene rings is 2. The average Bonchev–Trinajstić information content (AvgIpc) is 3.28. The summed E-state index contributed by atoms with van der Waals surface area (Å²) in [6.45, 7) is -2.89. The lowest BCUT2D eigenvalue weighted by Gasteiger charge is -2.09. The van der Waals surface area contributed by atoms with Crippen molar-refractivity contribution in [2.45, 2.75) is 11.6 Å². The van der Waals surface area contributed by atoms with E-state index >= 15 is 0 Å². The first-order valence-corrected chi connectivity index (χ1v) is 9.85. The van der Waals surface area contributed by atoms with Gasteiger partial charge in [0.2, 0.25) is 5.91 Å². The summed E-state index contributed by atoms with van der Waals surface area (Å²) in [5, 5.41) is 4.21. The molecular weight excluding hydrogens is 412 g/mol. The Morgan fingerprint density at radius 1 is 1.07 bits per heavy atom. The molecule has 9 heteroatoms. The van der Waals surface area contributed by atoms with Crippen LogP contribution in [-0.4, -0.2) is 28.2 Å². The van der Waals surface area contributed by atoms with E-state index < -0.39 is 6.61 Å². The van der Waals surface area contributed by atoms with E-state index in [9.17, 15) is 13.6 Å². The van der Waals surface area contributed by atoms with Gasteiger partial charge in [-0.1, -0.05) is 30.0 Å². The van der Waals surface area contributed by atoms with Crippen molar-refractivity contribution in [2.75, 3.05) is 11.1 Å². The number of hydrogen-bond acceptors (Lipinski definition) is 6. The van der Waals surface area contributed by atoms with Crippen molar-refractivity contribution in [3.63, 3.8) is 0 Å². The molecule has 0 aliphatic heterocycles. The van der Waals surface area contributed by atoms with Crippen LogP contribution >= 0.6 is 11.8 Å². The molecule has 0 saturated carbocycles. The highest BCUT2D eigenvalue weighted by Crippen LogP contribution is 2.28. The highest BCUT2D eigenvalue weighted by molar-refractivity contribution is 8.00. The molecule has 152 valence electrons. The van der Waals surface area contributed by atoms with E-state index in [1.807, 2.05) is 24.3 Å². The number of furan rings is 1. The Labute approximate surface area is 174 Å². The number of ether oxygens (including phenoxy) is 1. The van der Waals surface area contributed by atoms with Gasteiger partial charge in [0.1, 0.15) is 10.8 Å². The number of fused-ring (bicyclic) bond motifs is 1. The summed E-state index contributed by atoms with van der Waals surface area (Å²) in [5.74, 6) is 0.850. The Morgan fingerprint density at radius 2 is 1.87 bits per heavy atom. The van der Waals surface area contributed by atoms with Gasteiger partial charge >= 0.3 is 6.61 Å². The number of aromatic nitrogens is 2. The highest BCUT2D eigenvalue weighted by atomic mass is 32.2. The van der Waals surface area contributed by atoms with Gasteiger partial charge in [-0.05, 0) is 42.5 Å². The number of carbonyl (C=O) groups is 1. The fraction of sp³-hybridized carbons (Fsp3) is 0.0952. The lowest BCUT2D eigenvalue weighted by atomic mass is 10.2. The van der Waals surface area contributed by atoms with Crippen LogP contribution in [-0.2, 0) is 4.79 Å². The number of nitrogens with zero attached hydrogens (tertiary/aromatic N) is 2. The minimum absolute atomic E-state index is 0.0234. The molecule has 0 unspecified atom stereocenters. The highest BCUT2D eigenvalue weighted by Gasteiger charge is 2.13. The number of hydrogen-bond donors (Lipinski definition) is 1. The van der Waals surface area contributed by atoms with Gasteiger partial charge in [-0.15, -0.1) is 0 Å². The van der Waals surface area contributed by atoms with Gasteiger partial charge in [-0.2, -0.15) is 8.78 Å². The van der Waals surface area contributed by atoms with E-state index in [4.69, 9.17) is 4.42 Å². The number of alkyl halides is 2. The zero-order valence-corrected chi connectivity index (χ0v) is 16.2. The molecular formula is C21H15F2N3O3S. The lowest BCUT2D eigenvalue weighted by Crippen LogP contribution is -2.14. The molecule has 0 radical (unpaired) electrons. The quantitative estimate of drug-likeness (QED) is 0.322. The number of carbonyl (C=O) groups excluding carboxylic acids is 1. The van der Waals surface area contributed by atoms with Crippen LogP contribution in [0.5, 0.6) is 5.75 Å². The maximum absolute atomic E-state index is 12.4. The summed E-state index contributed by atoms with van der Waals surface area (Å²) in [4.78, 5) is 21.4. The van der Waals surface area contributed by atoms with Gasteiger partial charge in [0.05, 0.1) is 17.5 Å². The van der Waals surface area contributed by atoms with E-state index in [2.05, 4.69) is 20.0 Å². The monoisotopic (exact) mass is 427 g/mol. The minimum atomic E-state index is -2.89. The maximum Gasteiger partial charge on any atom is 0.387 e. The van der Waals surface area contributed by atoms with Crippen molar-refractivity contribution in [1.29, 1.82) is 0 Å². The third-order valence-electron chi connectivity index (χ3n) is 4.01. The van der Waals surface area contributed by atoms with E-state index in [1.54, 1.807) is 18.4 Å². The largest absolute Gasteiger partial charge is 0.461 e. The Kier molecular flexibility index (Phi) is 5.89. The van der Waals surface area contributed by atoms with Gasteiger partial charge in [0.25, 0.3) is 0 Å². The first-order chi connectivity index (χ1) is 14.6. The molecule has 2 aromatic heterocycles. The summed E-state index contributed by atoms with van der Waals surface area (Å²) in [6.07, 6.45) is 1.55. The van der Waals surface area contributed by atoms with Crippen LogP contribution in [0.25, 0.3) is 22.5 Å². The van der Waals surface area contributed by atoms with Crippen LogP contribution in [0.4, 0.5) is 14.5 Å². The molecule has 2 heterocycles. The summed E-state index contributed by atoms with van der Waals surface area (Å²) in [6, 6.07) is 16.8. The van der Waals surface area contributed by atoms with E-state index in [1.165, 1.54) is 36.0 Å². The van der Waals surface area contributed by atoms with Crippen molar-refractivity contribution in [2.24, 2.45) is 0 Å². The molecule has 0 atom stereocenters. The molecule has 0 fully saturated rings.